The fourth-order valence-electron chi connectivity index (χ4n) is 6.50. The molecule has 1 aliphatic rings. The van der Waals surface area contributed by atoms with Crippen LogP contribution in [0.15, 0.2) is 83.8 Å². The van der Waals surface area contributed by atoms with E-state index in [1.54, 1.807) is 42.5 Å². The molecular formula is C40H48FN3O5S. The average molecular weight is 702 g/mol. The fourth-order valence-corrected chi connectivity index (χ4v) is 7.93. The van der Waals surface area contributed by atoms with Crippen molar-refractivity contribution in [2.45, 2.75) is 91.0 Å². The Morgan fingerprint density at radius 3 is 1.98 bits per heavy atom. The molecule has 0 aliphatic carbocycles. The van der Waals surface area contributed by atoms with Gasteiger partial charge in [-0.2, -0.15) is 4.31 Å². The molecule has 5 rings (SSSR count). The van der Waals surface area contributed by atoms with E-state index in [0.717, 1.165) is 54.0 Å². The lowest BCUT2D eigenvalue weighted by Gasteiger charge is -2.41. The molecule has 2 heterocycles. The number of ether oxygens (including phenoxy) is 1. The van der Waals surface area contributed by atoms with Crippen LogP contribution in [0.25, 0.3) is 11.1 Å². The van der Waals surface area contributed by atoms with Gasteiger partial charge in [0.15, 0.2) is 6.10 Å². The highest BCUT2D eigenvalue weighted by Gasteiger charge is 2.36. The van der Waals surface area contributed by atoms with Gasteiger partial charge >= 0.3 is 5.97 Å². The van der Waals surface area contributed by atoms with Gasteiger partial charge in [-0.25, -0.2) is 17.6 Å². The molecule has 0 spiro atoms. The first-order valence-corrected chi connectivity index (χ1v) is 18.4. The molecule has 1 fully saturated rings. The zero-order chi connectivity index (χ0) is 36.4. The van der Waals surface area contributed by atoms with E-state index in [9.17, 15) is 22.7 Å². The third-order valence-electron chi connectivity index (χ3n) is 9.22. The normalized spacial score (nSPS) is 15.7. The Morgan fingerprint density at radius 2 is 1.46 bits per heavy atom. The second kappa shape index (κ2) is 14.6. The van der Waals surface area contributed by atoms with Crippen LogP contribution in [0, 0.1) is 25.1 Å². The Kier molecular flexibility index (Phi) is 10.9. The molecule has 0 radical (unpaired) electrons. The van der Waals surface area contributed by atoms with E-state index in [1.807, 2.05) is 58.9 Å². The maximum atomic E-state index is 13.9. The summed E-state index contributed by atoms with van der Waals surface area (Å²) in [6.07, 6.45) is 0.667. The quantitative estimate of drug-likeness (QED) is 0.168. The highest BCUT2D eigenvalue weighted by molar-refractivity contribution is 7.89. The van der Waals surface area contributed by atoms with Crippen LogP contribution < -0.4 is 4.90 Å². The lowest BCUT2D eigenvalue weighted by Crippen LogP contribution is -2.39. The number of carboxylic acids is 1. The number of sulfonamides is 1. The van der Waals surface area contributed by atoms with Gasteiger partial charge in [-0.15, -0.1) is 0 Å². The van der Waals surface area contributed by atoms with Gasteiger partial charge in [0.05, 0.1) is 16.2 Å². The number of halogens is 1. The van der Waals surface area contributed by atoms with Crippen LogP contribution >= 0.6 is 0 Å². The molecule has 1 aromatic heterocycles. The number of aliphatic carboxylic acids is 1. The Balaban J connectivity index is 1.58. The van der Waals surface area contributed by atoms with Crippen molar-refractivity contribution in [1.29, 1.82) is 0 Å². The lowest BCUT2D eigenvalue weighted by atomic mass is 9.81. The molecule has 4 aromatic rings. The molecule has 8 nitrogen and oxygen atoms in total. The smallest absolute Gasteiger partial charge is 0.337 e. The zero-order valence-electron chi connectivity index (χ0n) is 30.0. The van der Waals surface area contributed by atoms with Crippen LogP contribution in [0.1, 0.15) is 81.6 Å². The summed E-state index contributed by atoms with van der Waals surface area (Å²) < 4.78 is 49.0. The number of aryl methyl sites for hydroxylation is 2. The van der Waals surface area contributed by atoms with Crippen LogP contribution in [0.3, 0.4) is 0 Å². The van der Waals surface area contributed by atoms with E-state index in [2.05, 4.69) is 18.7 Å². The third-order valence-corrected chi connectivity index (χ3v) is 11.0. The van der Waals surface area contributed by atoms with Gasteiger partial charge in [-0.05, 0) is 93.8 Å². The van der Waals surface area contributed by atoms with E-state index >= 15 is 0 Å². The summed E-state index contributed by atoms with van der Waals surface area (Å²) in [6, 6.07) is 21.8. The molecule has 1 aliphatic heterocycles. The number of aromatic nitrogens is 1. The van der Waals surface area contributed by atoms with E-state index in [4.69, 9.17) is 9.72 Å². The van der Waals surface area contributed by atoms with Crippen molar-refractivity contribution in [3.8, 4) is 11.1 Å². The van der Waals surface area contributed by atoms with Crippen LogP contribution in [0.5, 0.6) is 0 Å². The van der Waals surface area contributed by atoms with Crippen molar-refractivity contribution >= 4 is 21.7 Å². The molecule has 1 N–H and O–H groups in total. The molecular weight excluding hydrogens is 654 g/mol. The number of hydrogen-bond donors (Lipinski definition) is 1. The first kappa shape index (κ1) is 37.1. The standard InChI is InChI=1S/C40H48FN3O5S/c1-27-34(36(43-23-21-40(6,7)22-24-43)35(28(2)42-27)37(38(45)46)49-39(3,4)5)31-17-13-29(14-18-31)25-44(26-30-15-19-32(41)20-16-30)50(47,48)33-11-9-8-10-12-33/h8-20,37H,21-26H2,1-7H3,(H,45,46). The maximum absolute atomic E-state index is 13.9. The van der Waals surface area contributed by atoms with Crippen LogP contribution in [-0.2, 0) is 32.6 Å². The number of benzene rings is 3. The fraction of sp³-hybridized carbons (Fsp3) is 0.400. The SMILES string of the molecule is Cc1nc(C)c(C(OC(C)(C)C)C(=O)O)c(N2CCC(C)(C)CC2)c1-c1ccc(CN(Cc2ccc(F)cc2)S(=O)(=O)c2ccccc2)cc1. The van der Waals surface area contributed by atoms with Crippen molar-refractivity contribution in [3.05, 3.63) is 113 Å². The molecule has 50 heavy (non-hydrogen) atoms. The minimum absolute atomic E-state index is 0.0589. The molecule has 10 heteroatoms. The molecule has 1 unspecified atom stereocenters. The van der Waals surface area contributed by atoms with Gasteiger partial charge in [-0.3, -0.25) is 4.98 Å². The largest absolute Gasteiger partial charge is 0.479 e. The zero-order valence-corrected chi connectivity index (χ0v) is 30.9. The predicted molar refractivity (Wildman–Crippen MR) is 195 cm³/mol. The van der Waals surface area contributed by atoms with E-state index < -0.39 is 33.5 Å². The van der Waals surface area contributed by atoms with Crippen molar-refractivity contribution < 1.29 is 27.4 Å². The van der Waals surface area contributed by atoms with Gasteiger partial charge in [0, 0.05) is 48.7 Å². The first-order chi connectivity index (χ1) is 23.4. The lowest BCUT2D eigenvalue weighted by molar-refractivity contribution is -0.160. The number of rotatable bonds is 11. The molecule has 3 aromatic carbocycles. The Labute approximate surface area is 296 Å². The summed E-state index contributed by atoms with van der Waals surface area (Å²) >= 11 is 0. The van der Waals surface area contributed by atoms with Crippen LogP contribution in [0.2, 0.25) is 0 Å². The number of pyridine rings is 1. The summed E-state index contributed by atoms with van der Waals surface area (Å²) in [5.74, 6) is -1.47. The topological polar surface area (TPSA) is 100 Å². The number of anilines is 1. The summed E-state index contributed by atoms with van der Waals surface area (Å²) in [4.78, 5) is 20.2. The van der Waals surface area contributed by atoms with E-state index in [1.165, 1.54) is 16.4 Å². The number of hydrogen-bond acceptors (Lipinski definition) is 6. The van der Waals surface area contributed by atoms with E-state index in [-0.39, 0.29) is 23.4 Å². The van der Waals surface area contributed by atoms with Gasteiger partial charge in [0.1, 0.15) is 5.82 Å². The second-order valence-corrected chi connectivity index (χ2v) is 16.9. The first-order valence-electron chi connectivity index (χ1n) is 17.0. The predicted octanol–water partition coefficient (Wildman–Crippen LogP) is 8.46. The Morgan fingerprint density at radius 1 is 0.920 bits per heavy atom. The molecule has 1 saturated heterocycles. The number of piperidine rings is 1. The van der Waals surface area contributed by atoms with Crippen molar-refractivity contribution in [1.82, 2.24) is 9.29 Å². The van der Waals surface area contributed by atoms with Gasteiger partial charge < -0.3 is 14.7 Å². The second-order valence-electron chi connectivity index (χ2n) is 14.9. The Hall–Kier alpha value is -4.12. The molecule has 0 amide bonds. The number of nitrogens with zero attached hydrogens (tertiary/aromatic N) is 3. The monoisotopic (exact) mass is 701 g/mol. The number of carboxylic acid groups (broad SMARTS) is 1. The summed E-state index contributed by atoms with van der Waals surface area (Å²) in [7, 11) is -3.90. The molecule has 1 atom stereocenters. The van der Waals surface area contributed by atoms with Crippen LogP contribution in [-0.4, -0.2) is 47.5 Å². The highest BCUT2D eigenvalue weighted by Crippen LogP contribution is 2.45. The average Bonchev–Trinajstić information content (AvgIpc) is 3.05. The highest BCUT2D eigenvalue weighted by atomic mass is 32.2. The minimum atomic E-state index is -3.90. The number of carbonyl (C=O) groups is 1. The van der Waals surface area contributed by atoms with E-state index in [0.29, 0.717) is 16.8 Å². The van der Waals surface area contributed by atoms with Gasteiger partial charge in [0.2, 0.25) is 10.0 Å². The van der Waals surface area contributed by atoms with Crippen molar-refractivity contribution in [3.63, 3.8) is 0 Å². The molecule has 0 bridgehead atoms. The maximum Gasteiger partial charge on any atom is 0.337 e. The molecule has 0 saturated carbocycles. The van der Waals surface area contributed by atoms with Gasteiger partial charge in [-0.1, -0.05) is 68.4 Å². The van der Waals surface area contributed by atoms with Crippen molar-refractivity contribution in [2.24, 2.45) is 5.41 Å². The van der Waals surface area contributed by atoms with Crippen LogP contribution in [0.4, 0.5) is 10.1 Å². The van der Waals surface area contributed by atoms with Crippen molar-refractivity contribution in [2.75, 3.05) is 18.0 Å². The third kappa shape index (κ3) is 8.60. The van der Waals surface area contributed by atoms with Gasteiger partial charge in [0.25, 0.3) is 0 Å². The summed E-state index contributed by atoms with van der Waals surface area (Å²) in [5.41, 5.74) is 5.30. The Bertz CT molecular complexity index is 1910. The minimum Gasteiger partial charge on any atom is -0.479 e. The molecule has 266 valence electrons. The summed E-state index contributed by atoms with van der Waals surface area (Å²) in [6.45, 7) is 15.5. The summed E-state index contributed by atoms with van der Waals surface area (Å²) in [5, 5.41) is 10.5.